The quantitative estimate of drug-likeness (QED) is 0.566. The third-order valence-electron chi connectivity index (χ3n) is 6.91. The van der Waals surface area contributed by atoms with Gasteiger partial charge in [0.2, 0.25) is 5.95 Å². The minimum atomic E-state index is -0.0666. The van der Waals surface area contributed by atoms with Crippen molar-refractivity contribution in [2.45, 2.75) is 32.7 Å². The summed E-state index contributed by atoms with van der Waals surface area (Å²) in [5, 5.41) is 3.50. The summed E-state index contributed by atoms with van der Waals surface area (Å²) < 4.78 is 5.32. The Kier molecular flexibility index (Phi) is 5.94. The summed E-state index contributed by atoms with van der Waals surface area (Å²) >= 11 is 0. The maximum atomic E-state index is 5.32. The van der Waals surface area contributed by atoms with Crippen molar-refractivity contribution < 1.29 is 4.74 Å². The summed E-state index contributed by atoms with van der Waals surface area (Å²) in [6, 6.07) is 16.8. The number of nitrogens with zero attached hydrogens (tertiary/aromatic N) is 5. The normalized spacial score (nSPS) is 17.4. The van der Waals surface area contributed by atoms with Crippen molar-refractivity contribution in [1.29, 1.82) is 0 Å². The molecule has 0 amide bonds. The molecule has 2 aliphatic rings. The second-order valence-corrected chi connectivity index (χ2v) is 9.79. The van der Waals surface area contributed by atoms with Crippen LogP contribution in [0, 0.1) is 6.92 Å². The van der Waals surface area contributed by atoms with E-state index in [1.165, 1.54) is 23.4 Å². The average Bonchev–Trinajstić information content (AvgIpc) is 2.79. The van der Waals surface area contributed by atoms with Gasteiger partial charge in [-0.3, -0.25) is 0 Å². The summed E-state index contributed by atoms with van der Waals surface area (Å²) in [6.45, 7) is 11.6. The molecule has 2 aromatic carbocycles. The lowest BCUT2D eigenvalue weighted by Gasteiger charge is -2.48. The fraction of sp³-hybridized carbons (Fsp3) is 0.407. The Bertz CT molecular complexity index is 1140. The zero-order valence-corrected chi connectivity index (χ0v) is 20.6. The first-order valence-corrected chi connectivity index (χ1v) is 12.1. The summed E-state index contributed by atoms with van der Waals surface area (Å²) in [5.41, 5.74) is 4.74. The Morgan fingerprint density at radius 3 is 2.32 bits per heavy atom. The molecule has 0 spiro atoms. The lowest BCUT2D eigenvalue weighted by Crippen LogP contribution is -2.60. The van der Waals surface area contributed by atoms with E-state index in [4.69, 9.17) is 9.72 Å². The number of ether oxygens (including phenoxy) is 1. The lowest BCUT2D eigenvalue weighted by molar-refractivity contribution is 0.408. The number of nitrogens with one attached hydrogen (secondary N) is 1. The smallest absolute Gasteiger partial charge is 0.227 e. The van der Waals surface area contributed by atoms with Crippen LogP contribution in [0.5, 0.6) is 5.75 Å². The van der Waals surface area contributed by atoms with Gasteiger partial charge in [-0.2, -0.15) is 4.98 Å². The summed E-state index contributed by atoms with van der Waals surface area (Å²) in [6.07, 6.45) is 3.13. The van der Waals surface area contributed by atoms with Crippen LogP contribution in [0.4, 0.5) is 28.8 Å². The van der Waals surface area contributed by atoms with Crippen molar-refractivity contribution in [1.82, 2.24) is 9.97 Å². The number of rotatable bonds is 6. The van der Waals surface area contributed by atoms with E-state index in [-0.39, 0.29) is 5.54 Å². The second-order valence-electron chi connectivity index (χ2n) is 9.79. The predicted molar refractivity (Wildman–Crippen MR) is 140 cm³/mol. The number of methoxy groups -OCH3 is 1. The highest BCUT2D eigenvalue weighted by atomic mass is 16.5. The van der Waals surface area contributed by atoms with Crippen LogP contribution in [0.15, 0.2) is 54.7 Å². The molecule has 3 heterocycles. The lowest BCUT2D eigenvalue weighted by atomic mass is 9.98. The Morgan fingerprint density at radius 2 is 1.68 bits per heavy atom. The number of aryl methyl sites for hydroxylation is 1. The molecule has 1 aromatic heterocycles. The Labute approximate surface area is 202 Å². The molecule has 2 aliphatic heterocycles. The molecule has 0 unspecified atom stereocenters. The molecule has 1 N–H and O–H groups in total. The Morgan fingerprint density at radius 1 is 0.912 bits per heavy atom. The van der Waals surface area contributed by atoms with E-state index in [1.54, 1.807) is 7.11 Å². The zero-order valence-electron chi connectivity index (χ0n) is 20.6. The van der Waals surface area contributed by atoms with E-state index < -0.39 is 0 Å². The van der Waals surface area contributed by atoms with Crippen LogP contribution in [-0.4, -0.2) is 55.3 Å². The first-order valence-electron chi connectivity index (χ1n) is 12.1. The molecule has 7 heteroatoms. The van der Waals surface area contributed by atoms with E-state index in [9.17, 15) is 0 Å². The van der Waals surface area contributed by atoms with Crippen LogP contribution in [0.1, 0.15) is 25.8 Å². The van der Waals surface area contributed by atoms with E-state index >= 15 is 0 Å². The summed E-state index contributed by atoms with van der Waals surface area (Å²) in [4.78, 5) is 16.6. The highest BCUT2D eigenvalue weighted by molar-refractivity contribution is 5.66. The topological polar surface area (TPSA) is 56.8 Å². The number of benzene rings is 2. The van der Waals surface area contributed by atoms with E-state index in [2.05, 4.69) is 76.1 Å². The van der Waals surface area contributed by atoms with Crippen LogP contribution in [0.2, 0.25) is 0 Å². The number of piperazine rings is 1. The molecule has 0 bridgehead atoms. The average molecular weight is 459 g/mol. The van der Waals surface area contributed by atoms with Gasteiger partial charge in [-0.1, -0.05) is 0 Å². The van der Waals surface area contributed by atoms with Gasteiger partial charge in [0.05, 0.1) is 12.6 Å². The SMILES string of the molecule is COc1ccc(N2CCN(c3nccc(Nc4ccc(N5CCC5)cc4C)n3)CC2(C)C)cc1. The minimum absolute atomic E-state index is 0.0666. The second kappa shape index (κ2) is 9.05. The maximum absolute atomic E-state index is 5.32. The molecular formula is C27H34N6O. The molecular weight excluding hydrogens is 424 g/mol. The van der Waals surface area contributed by atoms with Gasteiger partial charge in [0.25, 0.3) is 0 Å². The van der Waals surface area contributed by atoms with E-state index in [1.807, 2.05) is 24.4 Å². The third kappa shape index (κ3) is 4.47. The first-order chi connectivity index (χ1) is 16.4. The molecule has 0 atom stereocenters. The molecule has 34 heavy (non-hydrogen) atoms. The Balaban J connectivity index is 1.29. The van der Waals surface area contributed by atoms with E-state index in [0.29, 0.717) is 0 Å². The monoisotopic (exact) mass is 458 g/mol. The fourth-order valence-electron chi connectivity index (χ4n) is 4.83. The molecule has 0 aliphatic carbocycles. The molecule has 2 saturated heterocycles. The Hall–Kier alpha value is -3.48. The number of hydrogen-bond acceptors (Lipinski definition) is 7. The largest absolute Gasteiger partial charge is 0.497 e. The molecule has 2 fully saturated rings. The van der Waals surface area contributed by atoms with Crippen molar-refractivity contribution in [2.75, 3.05) is 59.9 Å². The number of aromatic nitrogens is 2. The zero-order chi connectivity index (χ0) is 23.7. The van der Waals surface area contributed by atoms with Gasteiger partial charge < -0.3 is 24.8 Å². The standard InChI is InChI=1S/C27H34N6O/c1-20-18-22(31-14-5-15-31)8-11-24(20)29-25-12-13-28-26(30-25)32-16-17-33(27(2,3)19-32)21-6-9-23(34-4)10-7-21/h6-13,18H,5,14-17,19H2,1-4H3,(H,28,29,30). The van der Waals surface area contributed by atoms with Crippen molar-refractivity contribution in [2.24, 2.45) is 0 Å². The van der Waals surface area contributed by atoms with E-state index in [0.717, 1.165) is 55.9 Å². The molecule has 7 nitrogen and oxygen atoms in total. The minimum Gasteiger partial charge on any atom is -0.497 e. The highest BCUT2D eigenvalue weighted by Crippen LogP contribution is 2.31. The van der Waals surface area contributed by atoms with Gasteiger partial charge in [-0.25, -0.2) is 4.98 Å². The molecule has 5 rings (SSSR count). The van der Waals surface area contributed by atoms with Crippen LogP contribution in [-0.2, 0) is 0 Å². The predicted octanol–water partition coefficient (Wildman–Crippen LogP) is 4.85. The van der Waals surface area contributed by atoms with Gasteiger partial charge in [0.1, 0.15) is 11.6 Å². The fourth-order valence-corrected chi connectivity index (χ4v) is 4.83. The number of hydrogen-bond donors (Lipinski definition) is 1. The first kappa shape index (κ1) is 22.3. The molecule has 3 aromatic rings. The van der Waals surface area contributed by atoms with Crippen molar-refractivity contribution in [3.63, 3.8) is 0 Å². The summed E-state index contributed by atoms with van der Waals surface area (Å²) in [5.74, 6) is 2.46. The van der Waals surface area contributed by atoms with Crippen molar-refractivity contribution in [3.8, 4) is 5.75 Å². The van der Waals surface area contributed by atoms with Crippen molar-refractivity contribution in [3.05, 3.63) is 60.3 Å². The third-order valence-corrected chi connectivity index (χ3v) is 6.91. The van der Waals surface area contributed by atoms with Crippen molar-refractivity contribution >= 4 is 28.8 Å². The van der Waals surface area contributed by atoms with Gasteiger partial charge in [-0.05, 0) is 81.3 Å². The van der Waals surface area contributed by atoms with Crippen LogP contribution in [0.25, 0.3) is 0 Å². The molecule has 0 saturated carbocycles. The van der Waals surface area contributed by atoms with Crippen LogP contribution >= 0.6 is 0 Å². The summed E-state index contributed by atoms with van der Waals surface area (Å²) in [7, 11) is 1.70. The van der Waals surface area contributed by atoms with Gasteiger partial charge in [0, 0.05) is 56.0 Å². The molecule has 178 valence electrons. The van der Waals surface area contributed by atoms with Crippen LogP contribution < -0.4 is 24.8 Å². The van der Waals surface area contributed by atoms with Gasteiger partial charge in [0.15, 0.2) is 0 Å². The van der Waals surface area contributed by atoms with Gasteiger partial charge >= 0.3 is 0 Å². The van der Waals surface area contributed by atoms with Gasteiger partial charge in [-0.15, -0.1) is 0 Å². The number of anilines is 5. The highest BCUT2D eigenvalue weighted by Gasteiger charge is 2.35. The maximum Gasteiger partial charge on any atom is 0.227 e. The molecule has 0 radical (unpaired) electrons. The van der Waals surface area contributed by atoms with Crippen LogP contribution in [0.3, 0.4) is 0 Å².